The summed E-state index contributed by atoms with van der Waals surface area (Å²) < 4.78 is 13.4. The summed E-state index contributed by atoms with van der Waals surface area (Å²) in [4.78, 5) is 15.1. The van der Waals surface area contributed by atoms with Gasteiger partial charge in [0.2, 0.25) is 0 Å². The van der Waals surface area contributed by atoms with Crippen molar-refractivity contribution in [2.45, 2.75) is 53.0 Å². The SMILES string of the molecule is Cc1ccc(F)cc1CC(=O)C1(C)CCN(C(C)C)CC1. The van der Waals surface area contributed by atoms with Gasteiger partial charge in [-0.05, 0) is 70.0 Å². The van der Waals surface area contributed by atoms with E-state index in [1.807, 2.05) is 6.92 Å². The molecule has 0 N–H and O–H groups in total. The van der Waals surface area contributed by atoms with Gasteiger partial charge in [-0.3, -0.25) is 4.79 Å². The van der Waals surface area contributed by atoms with Crippen LogP contribution in [0.3, 0.4) is 0 Å². The minimum Gasteiger partial charge on any atom is -0.301 e. The van der Waals surface area contributed by atoms with Crippen LogP contribution in [0.1, 0.15) is 44.7 Å². The zero-order valence-electron chi connectivity index (χ0n) is 13.6. The summed E-state index contributed by atoms with van der Waals surface area (Å²) in [6, 6.07) is 5.24. The molecule has 1 aliphatic rings. The number of carbonyl (C=O) groups excluding carboxylic acids is 1. The highest BCUT2D eigenvalue weighted by atomic mass is 19.1. The molecule has 1 saturated heterocycles. The van der Waals surface area contributed by atoms with Gasteiger partial charge in [0.15, 0.2) is 0 Å². The van der Waals surface area contributed by atoms with Crippen molar-refractivity contribution < 1.29 is 9.18 Å². The van der Waals surface area contributed by atoms with Crippen LogP contribution in [0.25, 0.3) is 0 Å². The van der Waals surface area contributed by atoms with E-state index in [1.54, 1.807) is 6.07 Å². The second kappa shape index (κ2) is 6.27. The van der Waals surface area contributed by atoms with Crippen LogP contribution in [-0.2, 0) is 11.2 Å². The van der Waals surface area contributed by atoms with Crippen molar-refractivity contribution in [1.82, 2.24) is 4.90 Å². The molecule has 2 nitrogen and oxygen atoms in total. The summed E-state index contributed by atoms with van der Waals surface area (Å²) >= 11 is 0. The predicted molar refractivity (Wildman–Crippen MR) is 83.9 cm³/mol. The van der Waals surface area contributed by atoms with Gasteiger partial charge in [0.25, 0.3) is 0 Å². The van der Waals surface area contributed by atoms with E-state index >= 15 is 0 Å². The smallest absolute Gasteiger partial charge is 0.143 e. The number of halogens is 1. The van der Waals surface area contributed by atoms with Crippen molar-refractivity contribution in [2.75, 3.05) is 13.1 Å². The van der Waals surface area contributed by atoms with Gasteiger partial charge in [-0.15, -0.1) is 0 Å². The summed E-state index contributed by atoms with van der Waals surface area (Å²) in [7, 11) is 0. The van der Waals surface area contributed by atoms with E-state index in [0.717, 1.165) is 37.1 Å². The van der Waals surface area contributed by atoms with Crippen molar-refractivity contribution in [3.05, 3.63) is 35.1 Å². The lowest BCUT2D eigenvalue weighted by Gasteiger charge is -2.40. The Kier molecular flexibility index (Phi) is 4.82. The molecule has 1 aromatic carbocycles. The van der Waals surface area contributed by atoms with Gasteiger partial charge in [-0.2, -0.15) is 0 Å². The number of aryl methyl sites for hydroxylation is 1. The van der Waals surface area contributed by atoms with E-state index in [1.165, 1.54) is 12.1 Å². The van der Waals surface area contributed by atoms with Gasteiger partial charge in [-0.1, -0.05) is 13.0 Å². The number of nitrogens with zero attached hydrogens (tertiary/aromatic N) is 1. The van der Waals surface area contributed by atoms with Crippen LogP contribution in [0.5, 0.6) is 0 Å². The number of benzene rings is 1. The molecular formula is C18H26FNO. The van der Waals surface area contributed by atoms with Gasteiger partial charge in [0.1, 0.15) is 11.6 Å². The summed E-state index contributed by atoms with van der Waals surface area (Å²) in [5.74, 6) is -0.0113. The third kappa shape index (κ3) is 3.70. The maximum absolute atomic E-state index is 13.4. The van der Waals surface area contributed by atoms with Crippen molar-refractivity contribution in [2.24, 2.45) is 5.41 Å². The fourth-order valence-corrected chi connectivity index (χ4v) is 3.03. The Bertz CT molecular complexity index is 516. The molecule has 0 aliphatic carbocycles. The predicted octanol–water partition coefficient (Wildman–Crippen LogP) is 3.76. The van der Waals surface area contributed by atoms with Crippen LogP contribution < -0.4 is 0 Å². The third-order valence-corrected chi connectivity index (χ3v) is 4.97. The Morgan fingerprint density at radius 3 is 2.52 bits per heavy atom. The normalized spacial score (nSPS) is 19.0. The number of Topliss-reactive ketones (excluding diaryl/α,β-unsaturated/α-hetero) is 1. The molecule has 0 bridgehead atoms. The molecule has 0 radical (unpaired) electrons. The first-order chi connectivity index (χ1) is 9.82. The number of hydrogen-bond acceptors (Lipinski definition) is 2. The third-order valence-electron chi connectivity index (χ3n) is 4.97. The summed E-state index contributed by atoms with van der Waals surface area (Å²) in [5.41, 5.74) is 1.56. The van der Waals surface area contributed by atoms with Crippen LogP contribution in [-0.4, -0.2) is 29.8 Å². The molecule has 1 fully saturated rings. The molecule has 1 aromatic rings. The molecule has 2 rings (SSSR count). The average Bonchev–Trinajstić information content (AvgIpc) is 2.43. The zero-order chi connectivity index (χ0) is 15.6. The Hall–Kier alpha value is -1.22. The van der Waals surface area contributed by atoms with E-state index in [-0.39, 0.29) is 17.0 Å². The van der Waals surface area contributed by atoms with Gasteiger partial charge in [-0.25, -0.2) is 4.39 Å². The van der Waals surface area contributed by atoms with Gasteiger partial charge in [0.05, 0.1) is 0 Å². The monoisotopic (exact) mass is 291 g/mol. The van der Waals surface area contributed by atoms with Crippen molar-refractivity contribution in [3.8, 4) is 0 Å². The number of hydrogen-bond donors (Lipinski definition) is 0. The van der Waals surface area contributed by atoms with Crippen LogP contribution in [0.2, 0.25) is 0 Å². The summed E-state index contributed by atoms with van der Waals surface area (Å²) in [5, 5.41) is 0. The van der Waals surface area contributed by atoms with Crippen LogP contribution in [0.4, 0.5) is 4.39 Å². The molecule has 0 saturated carbocycles. The molecule has 0 spiro atoms. The van der Waals surface area contributed by atoms with E-state index in [4.69, 9.17) is 0 Å². The Morgan fingerprint density at radius 1 is 1.33 bits per heavy atom. The number of carbonyl (C=O) groups is 1. The quantitative estimate of drug-likeness (QED) is 0.842. The van der Waals surface area contributed by atoms with Gasteiger partial charge < -0.3 is 4.90 Å². The molecule has 0 atom stereocenters. The lowest BCUT2D eigenvalue weighted by atomic mass is 9.74. The van der Waals surface area contributed by atoms with Crippen molar-refractivity contribution in [3.63, 3.8) is 0 Å². The fraction of sp³-hybridized carbons (Fsp3) is 0.611. The molecule has 1 heterocycles. The Balaban J connectivity index is 2.05. The highest BCUT2D eigenvalue weighted by molar-refractivity contribution is 5.86. The Labute approximate surface area is 127 Å². The second-order valence-corrected chi connectivity index (χ2v) is 6.86. The maximum atomic E-state index is 13.4. The van der Waals surface area contributed by atoms with E-state index < -0.39 is 0 Å². The first kappa shape index (κ1) is 16.2. The molecule has 1 aliphatic heterocycles. The zero-order valence-corrected chi connectivity index (χ0v) is 13.6. The van der Waals surface area contributed by atoms with Crippen LogP contribution >= 0.6 is 0 Å². The minimum absolute atomic E-state index is 0.250. The van der Waals surface area contributed by atoms with E-state index in [9.17, 15) is 9.18 Å². The largest absolute Gasteiger partial charge is 0.301 e. The lowest BCUT2D eigenvalue weighted by molar-refractivity contribution is -0.130. The first-order valence-corrected chi connectivity index (χ1v) is 7.84. The van der Waals surface area contributed by atoms with Crippen LogP contribution in [0, 0.1) is 18.2 Å². The standard InChI is InChI=1S/C18H26FNO/c1-13(2)20-9-7-18(4,8-10-20)17(21)12-15-11-16(19)6-5-14(15)3/h5-6,11,13H,7-10,12H2,1-4H3. The topological polar surface area (TPSA) is 20.3 Å². The second-order valence-electron chi connectivity index (χ2n) is 6.86. The van der Waals surface area contributed by atoms with Gasteiger partial charge in [0, 0.05) is 17.9 Å². The summed E-state index contributed by atoms with van der Waals surface area (Å²) in [6.45, 7) is 10.3. The molecule has 0 aromatic heterocycles. The van der Waals surface area contributed by atoms with Crippen molar-refractivity contribution in [1.29, 1.82) is 0 Å². The number of likely N-dealkylation sites (tertiary alicyclic amines) is 1. The van der Waals surface area contributed by atoms with E-state index in [2.05, 4.69) is 25.7 Å². The van der Waals surface area contributed by atoms with E-state index in [0.29, 0.717) is 12.5 Å². The van der Waals surface area contributed by atoms with Gasteiger partial charge >= 0.3 is 0 Å². The molecule has 21 heavy (non-hydrogen) atoms. The summed E-state index contributed by atoms with van der Waals surface area (Å²) in [6.07, 6.45) is 2.15. The molecular weight excluding hydrogens is 265 g/mol. The number of rotatable bonds is 4. The average molecular weight is 291 g/mol. The molecule has 0 unspecified atom stereocenters. The van der Waals surface area contributed by atoms with Crippen LogP contribution in [0.15, 0.2) is 18.2 Å². The maximum Gasteiger partial charge on any atom is 0.143 e. The number of ketones is 1. The molecule has 116 valence electrons. The molecule has 3 heteroatoms. The lowest BCUT2D eigenvalue weighted by Crippen LogP contribution is -2.45. The highest BCUT2D eigenvalue weighted by Crippen LogP contribution is 2.34. The number of piperidine rings is 1. The first-order valence-electron chi connectivity index (χ1n) is 7.84. The molecule has 0 amide bonds. The minimum atomic E-state index is -0.261. The Morgan fingerprint density at radius 2 is 1.95 bits per heavy atom. The highest BCUT2D eigenvalue weighted by Gasteiger charge is 2.36. The van der Waals surface area contributed by atoms with Crippen molar-refractivity contribution >= 4 is 5.78 Å². The fourth-order valence-electron chi connectivity index (χ4n) is 3.03.